The molecule has 0 amide bonds. The lowest BCUT2D eigenvalue weighted by molar-refractivity contribution is 0.0992. The van der Waals surface area contributed by atoms with Crippen LogP contribution in [0.3, 0.4) is 0 Å². The molecule has 0 bridgehead atoms. The molecule has 0 radical (unpaired) electrons. The maximum absolute atomic E-state index is 13.1. The molecule has 0 saturated carbocycles. The van der Waals surface area contributed by atoms with E-state index in [1.807, 2.05) is 11.4 Å². The van der Waals surface area contributed by atoms with Crippen molar-refractivity contribution in [2.45, 2.75) is 6.42 Å². The molecular weight excluding hydrogens is 280 g/mol. The quantitative estimate of drug-likeness (QED) is 0.682. The number of fused-ring (bicyclic) bond motifs is 1. The number of ketones is 1. The van der Waals surface area contributed by atoms with Gasteiger partial charge in [0.05, 0.1) is 10.2 Å². The molecule has 2 nitrogen and oxygen atoms in total. The summed E-state index contributed by atoms with van der Waals surface area (Å²) in [6.07, 6.45) is 1.44. The van der Waals surface area contributed by atoms with Gasteiger partial charge in [0.2, 0.25) is 0 Å². The number of halogens is 2. The number of hydrogen-bond acceptors (Lipinski definition) is 3. The fourth-order valence-corrected chi connectivity index (χ4v) is 2.78. The first-order chi connectivity index (χ1) is 9.61. The Morgan fingerprint density at radius 2 is 1.90 bits per heavy atom. The van der Waals surface area contributed by atoms with Gasteiger partial charge in [-0.25, -0.2) is 8.78 Å². The van der Waals surface area contributed by atoms with Crippen LogP contribution < -0.4 is 0 Å². The van der Waals surface area contributed by atoms with Gasteiger partial charge in [-0.1, -0.05) is 0 Å². The monoisotopic (exact) mass is 289 g/mol. The van der Waals surface area contributed by atoms with Gasteiger partial charge in [-0.3, -0.25) is 9.78 Å². The third kappa shape index (κ3) is 2.58. The lowest BCUT2D eigenvalue weighted by Crippen LogP contribution is -2.04. The number of aromatic nitrogens is 1. The second-order valence-corrected chi connectivity index (χ2v) is 5.35. The second kappa shape index (κ2) is 5.09. The van der Waals surface area contributed by atoms with Crippen molar-refractivity contribution in [1.29, 1.82) is 0 Å². The van der Waals surface area contributed by atoms with Crippen molar-refractivity contribution >= 4 is 27.3 Å². The van der Waals surface area contributed by atoms with Crippen LogP contribution in [0.5, 0.6) is 0 Å². The minimum absolute atomic E-state index is 0.0484. The van der Waals surface area contributed by atoms with Crippen molar-refractivity contribution in [3.05, 3.63) is 64.7 Å². The first-order valence-electron chi connectivity index (χ1n) is 5.93. The molecule has 2 heterocycles. The average molecular weight is 289 g/mol. The third-order valence-electron chi connectivity index (χ3n) is 2.91. The first-order valence-corrected chi connectivity index (χ1v) is 6.81. The molecule has 0 aliphatic rings. The summed E-state index contributed by atoms with van der Waals surface area (Å²) in [4.78, 5) is 16.3. The maximum Gasteiger partial charge on any atom is 0.168 e. The van der Waals surface area contributed by atoms with Crippen LogP contribution in [0.2, 0.25) is 0 Å². The lowest BCUT2D eigenvalue weighted by atomic mass is 10.0. The zero-order valence-corrected chi connectivity index (χ0v) is 11.1. The molecule has 0 atom stereocenters. The van der Waals surface area contributed by atoms with Crippen molar-refractivity contribution in [2.75, 3.05) is 0 Å². The Hall–Kier alpha value is -2.14. The molecule has 0 aliphatic heterocycles. The van der Waals surface area contributed by atoms with E-state index in [-0.39, 0.29) is 12.2 Å². The summed E-state index contributed by atoms with van der Waals surface area (Å²) >= 11 is 1.50. The average Bonchev–Trinajstić information content (AvgIpc) is 2.84. The van der Waals surface area contributed by atoms with Crippen molar-refractivity contribution in [3.63, 3.8) is 0 Å². The Morgan fingerprint density at radius 3 is 2.65 bits per heavy atom. The van der Waals surface area contributed by atoms with Crippen LogP contribution >= 0.6 is 11.3 Å². The molecule has 100 valence electrons. The van der Waals surface area contributed by atoms with Gasteiger partial charge in [0.1, 0.15) is 11.6 Å². The van der Waals surface area contributed by atoms with Crippen molar-refractivity contribution in [1.82, 2.24) is 4.98 Å². The molecule has 1 aromatic carbocycles. The van der Waals surface area contributed by atoms with Gasteiger partial charge in [0, 0.05) is 24.2 Å². The Morgan fingerprint density at radius 1 is 1.15 bits per heavy atom. The number of hydrogen-bond donors (Lipinski definition) is 0. The molecule has 0 saturated heterocycles. The molecule has 0 spiro atoms. The molecule has 5 heteroatoms. The van der Waals surface area contributed by atoms with Crippen LogP contribution in [0.1, 0.15) is 15.9 Å². The van der Waals surface area contributed by atoms with Gasteiger partial charge in [0.15, 0.2) is 5.78 Å². The lowest BCUT2D eigenvalue weighted by Gasteiger charge is -2.02. The number of rotatable bonds is 3. The molecule has 0 N–H and O–H groups in total. The summed E-state index contributed by atoms with van der Waals surface area (Å²) in [7, 11) is 0. The highest BCUT2D eigenvalue weighted by atomic mass is 32.1. The zero-order valence-electron chi connectivity index (χ0n) is 10.3. The van der Waals surface area contributed by atoms with Crippen LogP contribution in [0.4, 0.5) is 8.78 Å². The molecular formula is C15H9F2NOS. The Bertz CT molecular complexity index is 777. The Kier molecular flexibility index (Phi) is 3.28. The van der Waals surface area contributed by atoms with E-state index < -0.39 is 11.6 Å². The van der Waals surface area contributed by atoms with Gasteiger partial charge >= 0.3 is 0 Å². The summed E-state index contributed by atoms with van der Waals surface area (Å²) in [6.45, 7) is 0. The number of carbonyl (C=O) groups is 1. The Balaban J connectivity index is 1.88. The topological polar surface area (TPSA) is 30.0 Å². The standard InChI is InChI=1S/C15H9F2NOS/c16-11-3-9(4-12(17)7-11)5-14(19)10-6-15-13(18-8-10)1-2-20-15/h1-4,6-8H,5H2. The predicted octanol–water partition coefficient (Wildman–Crippen LogP) is 4.00. The SMILES string of the molecule is O=C(Cc1cc(F)cc(F)c1)c1cnc2ccsc2c1. The van der Waals surface area contributed by atoms with E-state index in [9.17, 15) is 13.6 Å². The number of pyridine rings is 1. The third-order valence-corrected chi connectivity index (χ3v) is 3.76. The van der Waals surface area contributed by atoms with Crippen LogP contribution in [-0.2, 0) is 6.42 Å². The number of nitrogens with zero attached hydrogens (tertiary/aromatic N) is 1. The maximum atomic E-state index is 13.1. The minimum Gasteiger partial charge on any atom is -0.294 e. The van der Waals surface area contributed by atoms with E-state index in [4.69, 9.17) is 0 Å². The van der Waals surface area contributed by atoms with E-state index in [2.05, 4.69) is 4.98 Å². The summed E-state index contributed by atoms with van der Waals surface area (Å²) in [5, 5.41) is 1.90. The molecule has 0 aliphatic carbocycles. The van der Waals surface area contributed by atoms with E-state index in [1.165, 1.54) is 17.5 Å². The van der Waals surface area contributed by atoms with Crippen molar-refractivity contribution < 1.29 is 13.6 Å². The largest absolute Gasteiger partial charge is 0.294 e. The number of carbonyl (C=O) groups excluding carboxylic acids is 1. The van der Waals surface area contributed by atoms with Crippen LogP contribution in [0.15, 0.2) is 41.9 Å². The predicted molar refractivity (Wildman–Crippen MR) is 74.0 cm³/mol. The highest BCUT2D eigenvalue weighted by Gasteiger charge is 2.11. The Labute approximate surface area is 117 Å². The van der Waals surface area contributed by atoms with Gasteiger partial charge in [-0.05, 0) is 35.2 Å². The van der Waals surface area contributed by atoms with Gasteiger partial charge < -0.3 is 0 Å². The highest BCUT2D eigenvalue weighted by Crippen LogP contribution is 2.20. The van der Waals surface area contributed by atoms with Crippen molar-refractivity contribution in [2.24, 2.45) is 0 Å². The molecule has 3 rings (SSSR count). The zero-order chi connectivity index (χ0) is 14.1. The number of benzene rings is 1. The normalized spacial score (nSPS) is 10.9. The number of Topliss-reactive ketones (excluding diaryl/α,β-unsaturated/α-hetero) is 1. The van der Waals surface area contributed by atoms with Crippen molar-refractivity contribution in [3.8, 4) is 0 Å². The van der Waals surface area contributed by atoms with Gasteiger partial charge in [-0.2, -0.15) is 0 Å². The number of thiophene rings is 1. The van der Waals surface area contributed by atoms with Gasteiger partial charge in [0.25, 0.3) is 0 Å². The fourth-order valence-electron chi connectivity index (χ4n) is 2.00. The summed E-state index contributed by atoms with van der Waals surface area (Å²) in [5.74, 6) is -1.57. The smallest absolute Gasteiger partial charge is 0.168 e. The molecule has 2 aromatic heterocycles. The molecule has 3 aromatic rings. The summed E-state index contributed by atoms with van der Waals surface area (Å²) < 4.78 is 27.1. The molecule has 0 fully saturated rings. The summed E-state index contributed by atoms with van der Waals surface area (Å²) in [6, 6.07) is 6.74. The van der Waals surface area contributed by atoms with Crippen LogP contribution in [-0.4, -0.2) is 10.8 Å². The highest BCUT2D eigenvalue weighted by molar-refractivity contribution is 7.17. The first kappa shape index (κ1) is 12.9. The summed E-state index contributed by atoms with van der Waals surface area (Å²) in [5.41, 5.74) is 1.60. The van der Waals surface area contributed by atoms with E-state index in [0.29, 0.717) is 11.1 Å². The second-order valence-electron chi connectivity index (χ2n) is 4.41. The van der Waals surface area contributed by atoms with E-state index in [1.54, 1.807) is 6.07 Å². The van der Waals surface area contributed by atoms with E-state index >= 15 is 0 Å². The minimum atomic E-state index is -0.681. The molecule has 20 heavy (non-hydrogen) atoms. The van der Waals surface area contributed by atoms with Crippen LogP contribution in [0, 0.1) is 11.6 Å². The van der Waals surface area contributed by atoms with Gasteiger partial charge in [-0.15, -0.1) is 11.3 Å². The van der Waals surface area contributed by atoms with E-state index in [0.717, 1.165) is 28.4 Å². The van der Waals surface area contributed by atoms with Crippen LogP contribution in [0.25, 0.3) is 10.2 Å². The fraction of sp³-hybridized carbons (Fsp3) is 0.0667. The molecule has 0 unspecified atom stereocenters.